The van der Waals surface area contributed by atoms with Crippen LogP contribution in [0.2, 0.25) is 0 Å². The molecular weight excluding hydrogens is 196 g/mol. The molecule has 15 heavy (non-hydrogen) atoms. The molecule has 0 unspecified atom stereocenters. The van der Waals surface area contributed by atoms with Gasteiger partial charge < -0.3 is 14.6 Å². The van der Waals surface area contributed by atoms with E-state index in [4.69, 9.17) is 0 Å². The SMILES string of the molecule is COC(=O)/C(=C(/[O-])OC)c1ccccc1. The molecule has 4 heteroatoms. The summed E-state index contributed by atoms with van der Waals surface area (Å²) in [5.41, 5.74) is 0.386. The van der Waals surface area contributed by atoms with Crippen molar-refractivity contribution in [3.05, 3.63) is 41.8 Å². The molecule has 4 nitrogen and oxygen atoms in total. The summed E-state index contributed by atoms with van der Waals surface area (Å²) < 4.78 is 9.03. The van der Waals surface area contributed by atoms with Gasteiger partial charge in [-0.1, -0.05) is 30.3 Å². The van der Waals surface area contributed by atoms with Crippen LogP contribution in [0, 0.1) is 0 Å². The summed E-state index contributed by atoms with van der Waals surface area (Å²) in [4.78, 5) is 11.4. The van der Waals surface area contributed by atoms with E-state index >= 15 is 0 Å². The van der Waals surface area contributed by atoms with Crippen LogP contribution in [-0.4, -0.2) is 20.2 Å². The Morgan fingerprint density at radius 3 is 2.20 bits per heavy atom. The van der Waals surface area contributed by atoms with Crippen LogP contribution in [0.25, 0.3) is 5.57 Å². The summed E-state index contributed by atoms with van der Waals surface area (Å²) >= 11 is 0. The quantitative estimate of drug-likeness (QED) is 0.412. The fourth-order valence-electron chi connectivity index (χ4n) is 1.13. The monoisotopic (exact) mass is 207 g/mol. The molecule has 0 aliphatic rings. The molecule has 80 valence electrons. The lowest BCUT2D eigenvalue weighted by molar-refractivity contribution is -0.351. The van der Waals surface area contributed by atoms with E-state index in [0.29, 0.717) is 5.56 Å². The topological polar surface area (TPSA) is 58.6 Å². The minimum atomic E-state index is -0.701. The normalized spacial score (nSPS) is 11.6. The molecule has 0 fully saturated rings. The first-order valence-electron chi connectivity index (χ1n) is 4.29. The molecule has 1 aromatic rings. The second kappa shape index (κ2) is 5.05. The van der Waals surface area contributed by atoms with Crippen molar-refractivity contribution >= 4 is 11.5 Å². The molecule has 0 bridgehead atoms. The third-order valence-electron chi connectivity index (χ3n) is 1.84. The molecule has 0 N–H and O–H groups in total. The van der Waals surface area contributed by atoms with E-state index in [1.54, 1.807) is 30.3 Å². The average Bonchev–Trinajstić information content (AvgIpc) is 2.30. The van der Waals surface area contributed by atoms with Crippen molar-refractivity contribution in [2.75, 3.05) is 14.2 Å². The van der Waals surface area contributed by atoms with Gasteiger partial charge in [0.1, 0.15) is 0 Å². The van der Waals surface area contributed by atoms with E-state index in [1.165, 1.54) is 14.2 Å². The minimum absolute atomic E-state index is 0.0967. The van der Waals surface area contributed by atoms with Crippen LogP contribution < -0.4 is 5.11 Å². The zero-order valence-electron chi connectivity index (χ0n) is 8.52. The molecule has 0 aliphatic carbocycles. The van der Waals surface area contributed by atoms with Gasteiger partial charge in [-0.25, -0.2) is 4.79 Å². The molecule has 0 aliphatic heterocycles. The van der Waals surface area contributed by atoms with Gasteiger partial charge in [0, 0.05) is 0 Å². The predicted molar refractivity (Wildman–Crippen MR) is 52.4 cm³/mol. The summed E-state index contributed by atoms with van der Waals surface area (Å²) in [5.74, 6) is -1.40. The third kappa shape index (κ3) is 2.49. The van der Waals surface area contributed by atoms with Gasteiger partial charge >= 0.3 is 5.97 Å². The first kappa shape index (κ1) is 11.1. The number of esters is 1. The van der Waals surface area contributed by atoms with Gasteiger partial charge in [-0.05, 0) is 12.7 Å². The van der Waals surface area contributed by atoms with Crippen LogP contribution in [0.15, 0.2) is 36.3 Å². The third-order valence-corrected chi connectivity index (χ3v) is 1.84. The second-order valence-electron chi connectivity index (χ2n) is 2.72. The van der Waals surface area contributed by atoms with E-state index in [2.05, 4.69) is 9.47 Å². The van der Waals surface area contributed by atoms with Crippen LogP contribution >= 0.6 is 0 Å². The summed E-state index contributed by atoms with van der Waals surface area (Å²) in [5, 5.41) is 11.4. The first-order valence-corrected chi connectivity index (χ1v) is 4.29. The first-order chi connectivity index (χ1) is 7.20. The summed E-state index contributed by atoms with van der Waals surface area (Å²) in [6, 6.07) is 8.52. The summed E-state index contributed by atoms with van der Waals surface area (Å²) in [7, 11) is 2.43. The highest BCUT2D eigenvalue weighted by Crippen LogP contribution is 2.17. The van der Waals surface area contributed by atoms with Crippen molar-refractivity contribution in [3.63, 3.8) is 0 Å². The Morgan fingerprint density at radius 2 is 1.73 bits per heavy atom. The standard InChI is InChI=1S/C11H12O4/c1-14-10(12)9(11(13)15-2)8-6-4-3-5-7-8/h3-7,12H,1-2H3/p-1/b10-9-. The minimum Gasteiger partial charge on any atom is -0.616 e. The Morgan fingerprint density at radius 1 is 1.13 bits per heavy atom. The van der Waals surface area contributed by atoms with E-state index in [1.807, 2.05) is 0 Å². The molecule has 0 spiro atoms. The number of carbonyl (C=O) groups is 1. The number of hydrogen-bond donors (Lipinski definition) is 0. The highest BCUT2D eigenvalue weighted by molar-refractivity contribution is 6.16. The van der Waals surface area contributed by atoms with Gasteiger partial charge in [-0.2, -0.15) is 0 Å². The lowest BCUT2D eigenvalue weighted by atomic mass is 10.1. The van der Waals surface area contributed by atoms with E-state index in [0.717, 1.165) is 0 Å². The smallest absolute Gasteiger partial charge is 0.340 e. The van der Waals surface area contributed by atoms with Crippen LogP contribution in [0.4, 0.5) is 0 Å². The van der Waals surface area contributed by atoms with Crippen molar-refractivity contribution in [3.8, 4) is 0 Å². The second-order valence-corrected chi connectivity index (χ2v) is 2.72. The van der Waals surface area contributed by atoms with Gasteiger partial charge in [0.25, 0.3) is 0 Å². The highest BCUT2D eigenvalue weighted by atomic mass is 16.6. The Kier molecular flexibility index (Phi) is 3.74. The zero-order chi connectivity index (χ0) is 11.3. The molecule has 0 aromatic heterocycles. The predicted octanol–water partition coefficient (Wildman–Crippen LogP) is 0.535. The fourth-order valence-corrected chi connectivity index (χ4v) is 1.13. The van der Waals surface area contributed by atoms with Gasteiger partial charge in [-0.3, -0.25) is 0 Å². The van der Waals surface area contributed by atoms with Gasteiger partial charge in [0.2, 0.25) is 0 Å². The summed E-state index contributed by atoms with van der Waals surface area (Å²) in [6.45, 7) is 0. The number of methoxy groups -OCH3 is 2. The Bertz CT molecular complexity index is 367. The van der Waals surface area contributed by atoms with Gasteiger partial charge in [0.05, 0.1) is 18.6 Å². The number of carbonyl (C=O) groups excluding carboxylic acids is 1. The van der Waals surface area contributed by atoms with Crippen molar-refractivity contribution in [1.82, 2.24) is 0 Å². The zero-order valence-corrected chi connectivity index (χ0v) is 8.52. The molecule has 0 amide bonds. The fraction of sp³-hybridized carbons (Fsp3) is 0.182. The van der Waals surface area contributed by atoms with Crippen LogP contribution in [-0.2, 0) is 14.3 Å². The molecule has 0 radical (unpaired) electrons. The molecule has 0 heterocycles. The Hall–Kier alpha value is -1.97. The summed E-state index contributed by atoms with van der Waals surface area (Å²) in [6.07, 6.45) is 0. The molecule has 0 saturated heterocycles. The Balaban J connectivity index is 3.20. The maximum absolute atomic E-state index is 11.4. The van der Waals surface area contributed by atoms with Crippen LogP contribution in [0.1, 0.15) is 5.56 Å². The molecule has 0 atom stereocenters. The maximum Gasteiger partial charge on any atom is 0.340 e. The number of benzene rings is 1. The average molecular weight is 207 g/mol. The van der Waals surface area contributed by atoms with Gasteiger partial charge in [-0.15, -0.1) is 0 Å². The Labute approximate surface area is 87.7 Å². The molecule has 1 aromatic carbocycles. The van der Waals surface area contributed by atoms with Crippen molar-refractivity contribution < 1.29 is 19.4 Å². The molecule has 0 saturated carbocycles. The number of ether oxygens (including phenoxy) is 2. The van der Waals surface area contributed by atoms with Crippen molar-refractivity contribution in [2.24, 2.45) is 0 Å². The van der Waals surface area contributed by atoms with Crippen molar-refractivity contribution in [1.29, 1.82) is 0 Å². The largest absolute Gasteiger partial charge is 0.616 e. The van der Waals surface area contributed by atoms with E-state index in [9.17, 15) is 9.90 Å². The van der Waals surface area contributed by atoms with Crippen molar-refractivity contribution in [2.45, 2.75) is 0 Å². The van der Waals surface area contributed by atoms with Crippen LogP contribution in [0.3, 0.4) is 0 Å². The van der Waals surface area contributed by atoms with E-state index in [-0.39, 0.29) is 5.57 Å². The number of hydrogen-bond acceptors (Lipinski definition) is 4. The molecule has 1 rings (SSSR count). The lowest BCUT2D eigenvalue weighted by Gasteiger charge is -2.15. The van der Waals surface area contributed by atoms with Crippen LogP contribution in [0.5, 0.6) is 0 Å². The highest BCUT2D eigenvalue weighted by Gasteiger charge is 2.13. The number of rotatable bonds is 3. The van der Waals surface area contributed by atoms with Gasteiger partial charge in [0.15, 0.2) is 0 Å². The van der Waals surface area contributed by atoms with E-state index < -0.39 is 11.9 Å². The maximum atomic E-state index is 11.4. The molecular formula is C11H11O4-. The lowest BCUT2D eigenvalue weighted by Crippen LogP contribution is -2.15.